The zero-order valence-corrected chi connectivity index (χ0v) is 15.8. The molecule has 0 spiro atoms. The van der Waals surface area contributed by atoms with Crippen molar-refractivity contribution in [2.75, 3.05) is 18.0 Å². The number of anilines is 1. The fourth-order valence-corrected chi connectivity index (χ4v) is 3.89. The van der Waals surface area contributed by atoms with Gasteiger partial charge in [0.2, 0.25) is 17.7 Å². The van der Waals surface area contributed by atoms with Crippen molar-refractivity contribution in [1.29, 1.82) is 0 Å². The number of piperazine rings is 1. The molecule has 3 amide bonds. The van der Waals surface area contributed by atoms with Crippen LogP contribution in [0.1, 0.15) is 19.8 Å². The number of para-hydroxylation sites is 1. The molecule has 144 valence electrons. The van der Waals surface area contributed by atoms with E-state index in [4.69, 9.17) is 5.73 Å². The van der Waals surface area contributed by atoms with E-state index in [1.165, 1.54) is 4.90 Å². The van der Waals surface area contributed by atoms with Crippen LogP contribution >= 0.6 is 0 Å². The highest BCUT2D eigenvalue weighted by atomic mass is 16.2. The number of benzene rings is 2. The van der Waals surface area contributed by atoms with E-state index in [1.54, 1.807) is 4.90 Å². The van der Waals surface area contributed by atoms with Crippen molar-refractivity contribution < 1.29 is 14.4 Å². The standard InChI is InChI=1S/C22H23N3O3/c1-15-13-25(18-10-6-5-9-17(18)16-7-3-2-4-8-16)19(26)14-24(15)21(28)22(11-12-22)20(23)27/h2-10,15H,11-14H2,1H3,(H2,23,27)/t15-/m1/s1. The van der Waals surface area contributed by atoms with Crippen molar-refractivity contribution in [3.05, 3.63) is 54.6 Å². The number of hydrogen-bond acceptors (Lipinski definition) is 3. The number of primary amides is 1. The number of rotatable bonds is 4. The van der Waals surface area contributed by atoms with Crippen LogP contribution in [0.3, 0.4) is 0 Å². The Labute approximate surface area is 163 Å². The van der Waals surface area contributed by atoms with Crippen LogP contribution in [0.25, 0.3) is 11.1 Å². The lowest BCUT2D eigenvalue weighted by Crippen LogP contribution is -2.59. The molecule has 1 atom stereocenters. The van der Waals surface area contributed by atoms with Gasteiger partial charge >= 0.3 is 0 Å². The monoisotopic (exact) mass is 377 g/mol. The molecule has 6 heteroatoms. The van der Waals surface area contributed by atoms with Gasteiger partial charge in [0.1, 0.15) is 12.0 Å². The summed E-state index contributed by atoms with van der Waals surface area (Å²) in [5.41, 5.74) is 7.17. The summed E-state index contributed by atoms with van der Waals surface area (Å²) >= 11 is 0. The molecule has 1 saturated heterocycles. The summed E-state index contributed by atoms with van der Waals surface area (Å²) in [4.78, 5) is 40.8. The maximum Gasteiger partial charge on any atom is 0.246 e. The SMILES string of the molecule is C[C@@H]1CN(c2ccccc2-c2ccccc2)C(=O)CN1C(=O)C1(C(N)=O)CC1. The van der Waals surface area contributed by atoms with Crippen molar-refractivity contribution in [2.24, 2.45) is 11.1 Å². The quantitative estimate of drug-likeness (QED) is 0.829. The average molecular weight is 377 g/mol. The number of nitrogens with zero attached hydrogens (tertiary/aromatic N) is 2. The van der Waals surface area contributed by atoms with Gasteiger partial charge in [0, 0.05) is 18.2 Å². The predicted octanol–water partition coefficient (Wildman–Crippen LogP) is 2.18. The molecule has 2 aliphatic rings. The maximum atomic E-state index is 13.0. The summed E-state index contributed by atoms with van der Waals surface area (Å²) < 4.78 is 0. The van der Waals surface area contributed by atoms with Crippen LogP contribution in [-0.2, 0) is 14.4 Å². The van der Waals surface area contributed by atoms with E-state index in [-0.39, 0.29) is 24.4 Å². The number of carbonyl (C=O) groups excluding carboxylic acids is 3. The second kappa shape index (κ2) is 6.78. The number of amides is 3. The van der Waals surface area contributed by atoms with Gasteiger partial charge in [-0.15, -0.1) is 0 Å². The summed E-state index contributed by atoms with van der Waals surface area (Å²) in [7, 11) is 0. The number of carbonyl (C=O) groups is 3. The first kappa shape index (κ1) is 18.2. The first-order valence-corrected chi connectivity index (χ1v) is 9.50. The highest BCUT2D eigenvalue weighted by molar-refractivity contribution is 6.09. The first-order valence-electron chi connectivity index (χ1n) is 9.50. The van der Waals surface area contributed by atoms with Gasteiger partial charge in [-0.2, -0.15) is 0 Å². The molecule has 0 radical (unpaired) electrons. The predicted molar refractivity (Wildman–Crippen MR) is 106 cm³/mol. The van der Waals surface area contributed by atoms with Crippen LogP contribution in [0.4, 0.5) is 5.69 Å². The molecule has 1 heterocycles. The molecule has 6 nitrogen and oxygen atoms in total. The summed E-state index contributed by atoms with van der Waals surface area (Å²) in [6, 6.07) is 17.5. The van der Waals surface area contributed by atoms with Gasteiger partial charge in [0.25, 0.3) is 0 Å². The molecule has 4 rings (SSSR count). The van der Waals surface area contributed by atoms with Gasteiger partial charge in [0.15, 0.2) is 0 Å². The Morgan fingerprint density at radius 1 is 1.04 bits per heavy atom. The molecule has 2 aromatic carbocycles. The minimum Gasteiger partial charge on any atom is -0.369 e. The largest absolute Gasteiger partial charge is 0.369 e. The molecule has 1 aliphatic heterocycles. The summed E-state index contributed by atoms with van der Waals surface area (Å²) in [5, 5.41) is 0. The fraction of sp³-hybridized carbons (Fsp3) is 0.318. The van der Waals surface area contributed by atoms with E-state index in [0.717, 1.165) is 16.8 Å². The average Bonchev–Trinajstić information content (AvgIpc) is 3.52. The van der Waals surface area contributed by atoms with Gasteiger partial charge in [-0.3, -0.25) is 14.4 Å². The second-order valence-corrected chi connectivity index (χ2v) is 7.62. The Morgan fingerprint density at radius 3 is 2.32 bits per heavy atom. The first-order chi connectivity index (χ1) is 13.4. The third-order valence-electron chi connectivity index (χ3n) is 5.76. The van der Waals surface area contributed by atoms with Gasteiger partial charge in [-0.05, 0) is 31.4 Å². The highest BCUT2D eigenvalue weighted by Crippen LogP contribution is 2.47. The molecule has 0 aromatic heterocycles. The van der Waals surface area contributed by atoms with E-state index in [9.17, 15) is 14.4 Å². The van der Waals surface area contributed by atoms with E-state index in [2.05, 4.69) is 0 Å². The van der Waals surface area contributed by atoms with Crippen LogP contribution < -0.4 is 10.6 Å². The molecule has 2 fully saturated rings. The molecule has 0 bridgehead atoms. The van der Waals surface area contributed by atoms with Crippen molar-refractivity contribution in [2.45, 2.75) is 25.8 Å². The van der Waals surface area contributed by atoms with Gasteiger partial charge in [0.05, 0.1) is 5.69 Å². The topological polar surface area (TPSA) is 83.7 Å². The number of hydrogen-bond donors (Lipinski definition) is 1. The zero-order valence-electron chi connectivity index (χ0n) is 15.8. The van der Waals surface area contributed by atoms with Crippen LogP contribution in [0.5, 0.6) is 0 Å². The van der Waals surface area contributed by atoms with E-state index in [1.807, 2.05) is 61.5 Å². The highest BCUT2D eigenvalue weighted by Gasteiger charge is 2.58. The lowest BCUT2D eigenvalue weighted by Gasteiger charge is -2.41. The van der Waals surface area contributed by atoms with E-state index < -0.39 is 11.3 Å². The summed E-state index contributed by atoms with van der Waals surface area (Å²) in [6.07, 6.45) is 0.943. The smallest absolute Gasteiger partial charge is 0.246 e. The molecular weight excluding hydrogens is 354 g/mol. The molecule has 2 aromatic rings. The lowest BCUT2D eigenvalue weighted by atomic mass is 9.99. The van der Waals surface area contributed by atoms with Crippen LogP contribution in [-0.4, -0.2) is 41.8 Å². The third kappa shape index (κ3) is 2.95. The Hall–Kier alpha value is -3.15. The third-order valence-corrected chi connectivity index (χ3v) is 5.76. The maximum absolute atomic E-state index is 13.0. The molecule has 28 heavy (non-hydrogen) atoms. The van der Waals surface area contributed by atoms with Crippen molar-refractivity contribution in [1.82, 2.24) is 4.90 Å². The van der Waals surface area contributed by atoms with Crippen molar-refractivity contribution in [3.63, 3.8) is 0 Å². The van der Waals surface area contributed by atoms with Gasteiger partial charge < -0.3 is 15.5 Å². The Balaban J connectivity index is 1.61. The summed E-state index contributed by atoms with van der Waals surface area (Å²) in [6.45, 7) is 2.24. The normalized spacial score (nSPS) is 20.8. The molecule has 1 aliphatic carbocycles. The molecule has 0 unspecified atom stereocenters. The minimum absolute atomic E-state index is 0.0435. The Bertz CT molecular complexity index is 937. The lowest BCUT2D eigenvalue weighted by molar-refractivity contribution is -0.148. The van der Waals surface area contributed by atoms with Gasteiger partial charge in [-0.25, -0.2) is 0 Å². The van der Waals surface area contributed by atoms with Crippen molar-refractivity contribution >= 4 is 23.4 Å². The van der Waals surface area contributed by atoms with Gasteiger partial charge in [-0.1, -0.05) is 48.5 Å². The molecule has 1 saturated carbocycles. The zero-order chi connectivity index (χ0) is 19.9. The number of nitrogens with two attached hydrogens (primary N) is 1. The van der Waals surface area contributed by atoms with E-state index in [0.29, 0.717) is 19.4 Å². The van der Waals surface area contributed by atoms with Crippen LogP contribution in [0.2, 0.25) is 0 Å². The van der Waals surface area contributed by atoms with Crippen molar-refractivity contribution in [3.8, 4) is 11.1 Å². The fourth-order valence-electron chi connectivity index (χ4n) is 3.89. The molecule has 2 N–H and O–H groups in total. The summed E-state index contributed by atoms with van der Waals surface area (Å²) in [5.74, 6) is -1.05. The van der Waals surface area contributed by atoms with Crippen LogP contribution in [0, 0.1) is 5.41 Å². The Morgan fingerprint density at radius 2 is 1.68 bits per heavy atom. The molecular formula is C22H23N3O3. The second-order valence-electron chi connectivity index (χ2n) is 7.62. The van der Waals surface area contributed by atoms with Crippen LogP contribution in [0.15, 0.2) is 54.6 Å². The Kier molecular flexibility index (Phi) is 4.41. The van der Waals surface area contributed by atoms with E-state index >= 15 is 0 Å². The minimum atomic E-state index is -1.10.